The summed E-state index contributed by atoms with van der Waals surface area (Å²) in [5.74, 6) is 0. The first-order valence-electron chi connectivity index (χ1n) is 5.15. The number of aliphatic hydroxyl groups excluding tert-OH is 1. The average molecular weight is 225 g/mol. The van der Waals surface area contributed by atoms with Crippen LogP contribution in [0.2, 0.25) is 5.02 Å². The predicted octanol–water partition coefficient (Wildman–Crippen LogP) is 3.60. The monoisotopic (exact) mass is 224 g/mol. The van der Waals surface area contributed by atoms with E-state index in [1.807, 2.05) is 31.2 Å². The molecule has 82 valence electrons. The van der Waals surface area contributed by atoms with Gasteiger partial charge in [0.1, 0.15) is 0 Å². The van der Waals surface area contributed by atoms with Crippen LogP contribution in [0.4, 0.5) is 0 Å². The summed E-state index contributed by atoms with van der Waals surface area (Å²) in [4.78, 5) is 0. The van der Waals surface area contributed by atoms with Crippen molar-refractivity contribution in [2.45, 2.75) is 32.3 Å². The summed E-state index contributed by atoms with van der Waals surface area (Å²) in [5.41, 5.74) is 2.19. The molecule has 15 heavy (non-hydrogen) atoms. The molecule has 0 fully saturated rings. The number of halogens is 1. The fraction of sp³-hybridized carbons (Fsp3) is 0.385. The number of rotatable bonds is 5. The van der Waals surface area contributed by atoms with Gasteiger partial charge in [0.15, 0.2) is 0 Å². The number of allylic oxidation sites excluding steroid dienone is 1. The van der Waals surface area contributed by atoms with Gasteiger partial charge in [0.05, 0.1) is 6.10 Å². The highest BCUT2D eigenvalue weighted by atomic mass is 35.5. The molecule has 2 heteroatoms. The molecule has 0 radical (unpaired) electrons. The van der Waals surface area contributed by atoms with E-state index in [2.05, 4.69) is 6.58 Å². The van der Waals surface area contributed by atoms with Gasteiger partial charge in [0, 0.05) is 5.02 Å². The molecule has 0 spiro atoms. The Bertz CT molecular complexity index is 333. The van der Waals surface area contributed by atoms with Crippen molar-refractivity contribution in [1.82, 2.24) is 0 Å². The zero-order valence-corrected chi connectivity index (χ0v) is 9.80. The Morgan fingerprint density at radius 2 is 2.27 bits per heavy atom. The third kappa shape index (κ3) is 5.01. The second kappa shape index (κ2) is 5.94. The van der Waals surface area contributed by atoms with Gasteiger partial charge >= 0.3 is 0 Å². The van der Waals surface area contributed by atoms with Crippen molar-refractivity contribution in [3.05, 3.63) is 47.0 Å². The van der Waals surface area contributed by atoms with Crippen LogP contribution in [0, 0.1) is 0 Å². The predicted molar refractivity (Wildman–Crippen MR) is 65.2 cm³/mol. The van der Waals surface area contributed by atoms with Crippen molar-refractivity contribution in [2.75, 3.05) is 0 Å². The van der Waals surface area contributed by atoms with Crippen LogP contribution < -0.4 is 0 Å². The normalized spacial score (nSPS) is 12.5. The Labute approximate surface area is 96.4 Å². The van der Waals surface area contributed by atoms with Crippen molar-refractivity contribution in [2.24, 2.45) is 0 Å². The van der Waals surface area contributed by atoms with Crippen molar-refractivity contribution in [3.8, 4) is 0 Å². The molecule has 0 heterocycles. The minimum atomic E-state index is -0.305. The average Bonchev–Trinajstić information content (AvgIpc) is 2.15. The summed E-state index contributed by atoms with van der Waals surface area (Å²) in [6.45, 7) is 5.79. The van der Waals surface area contributed by atoms with E-state index in [-0.39, 0.29) is 6.10 Å². The van der Waals surface area contributed by atoms with E-state index in [0.29, 0.717) is 6.42 Å². The van der Waals surface area contributed by atoms with E-state index in [1.54, 1.807) is 0 Å². The first-order valence-corrected chi connectivity index (χ1v) is 5.52. The number of hydrogen-bond donors (Lipinski definition) is 1. The van der Waals surface area contributed by atoms with Crippen molar-refractivity contribution >= 4 is 11.6 Å². The molecule has 1 rings (SSSR count). The quantitative estimate of drug-likeness (QED) is 0.758. The molecule has 0 aliphatic heterocycles. The van der Waals surface area contributed by atoms with Crippen LogP contribution >= 0.6 is 11.6 Å². The fourth-order valence-corrected chi connectivity index (χ4v) is 1.66. The van der Waals surface area contributed by atoms with Crippen LogP contribution in [0.3, 0.4) is 0 Å². The maximum Gasteiger partial charge on any atom is 0.0583 e. The Kier molecular flexibility index (Phi) is 4.86. The zero-order valence-electron chi connectivity index (χ0n) is 9.04. The van der Waals surface area contributed by atoms with Crippen LogP contribution in [0.25, 0.3) is 0 Å². The lowest BCUT2D eigenvalue weighted by atomic mass is 10.0. The molecule has 1 N–H and O–H groups in total. The lowest BCUT2D eigenvalue weighted by Gasteiger charge is -2.10. The largest absolute Gasteiger partial charge is 0.393 e. The molecule has 0 saturated heterocycles. The number of benzene rings is 1. The van der Waals surface area contributed by atoms with Crippen molar-refractivity contribution in [1.29, 1.82) is 0 Å². The van der Waals surface area contributed by atoms with Gasteiger partial charge in [0.2, 0.25) is 0 Å². The Balaban J connectivity index is 2.44. The van der Waals surface area contributed by atoms with Gasteiger partial charge in [-0.1, -0.05) is 29.3 Å². The summed E-state index contributed by atoms with van der Waals surface area (Å²) in [5, 5.41) is 10.5. The van der Waals surface area contributed by atoms with E-state index >= 15 is 0 Å². The van der Waals surface area contributed by atoms with Crippen molar-refractivity contribution in [3.63, 3.8) is 0 Å². The minimum Gasteiger partial charge on any atom is -0.393 e. The van der Waals surface area contributed by atoms with Gasteiger partial charge in [-0.05, 0) is 43.9 Å². The van der Waals surface area contributed by atoms with Gasteiger partial charge in [0.25, 0.3) is 0 Å². The summed E-state index contributed by atoms with van der Waals surface area (Å²) in [7, 11) is 0. The summed E-state index contributed by atoms with van der Waals surface area (Å²) in [6, 6.07) is 7.62. The third-order valence-corrected chi connectivity index (χ3v) is 2.50. The summed E-state index contributed by atoms with van der Waals surface area (Å²) >= 11 is 5.86. The van der Waals surface area contributed by atoms with Gasteiger partial charge in [-0.2, -0.15) is 0 Å². The molecular weight excluding hydrogens is 208 g/mol. The second-order valence-electron chi connectivity index (χ2n) is 3.98. The molecule has 1 nitrogen and oxygen atoms in total. The highest BCUT2D eigenvalue weighted by Crippen LogP contribution is 2.14. The van der Waals surface area contributed by atoms with E-state index in [9.17, 15) is 5.11 Å². The van der Waals surface area contributed by atoms with E-state index in [0.717, 1.165) is 29.0 Å². The molecule has 0 amide bonds. The van der Waals surface area contributed by atoms with Crippen molar-refractivity contribution < 1.29 is 5.11 Å². The van der Waals surface area contributed by atoms with E-state index in [1.165, 1.54) is 0 Å². The molecule has 1 unspecified atom stereocenters. The van der Waals surface area contributed by atoms with Crippen LogP contribution in [0.15, 0.2) is 36.4 Å². The van der Waals surface area contributed by atoms with Gasteiger partial charge in [-0.15, -0.1) is 6.58 Å². The highest BCUT2D eigenvalue weighted by Gasteiger charge is 2.05. The Morgan fingerprint density at radius 1 is 1.53 bits per heavy atom. The van der Waals surface area contributed by atoms with Gasteiger partial charge in [-0.25, -0.2) is 0 Å². The zero-order chi connectivity index (χ0) is 11.3. The first kappa shape index (κ1) is 12.3. The van der Waals surface area contributed by atoms with Gasteiger partial charge in [-0.3, -0.25) is 0 Å². The molecule has 1 aromatic carbocycles. The summed E-state index contributed by atoms with van der Waals surface area (Å²) < 4.78 is 0. The maximum atomic E-state index is 9.76. The molecule has 1 atom stereocenters. The van der Waals surface area contributed by atoms with E-state index in [4.69, 9.17) is 11.6 Å². The fourth-order valence-electron chi connectivity index (χ4n) is 1.45. The highest BCUT2D eigenvalue weighted by molar-refractivity contribution is 6.30. The van der Waals surface area contributed by atoms with Crippen LogP contribution in [-0.4, -0.2) is 11.2 Å². The Morgan fingerprint density at radius 3 is 2.87 bits per heavy atom. The van der Waals surface area contributed by atoms with Gasteiger partial charge < -0.3 is 5.11 Å². The minimum absolute atomic E-state index is 0.305. The van der Waals surface area contributed by atoms with Crippen LogP contribution in [0.1, 0.15) is 25.3 Å². The maximum absolute atomic E-state index is 9.76. The first-order chi connectivity index (χ1) is 7.08. The smallest absolute Gasteiger partial charge is 0.0583 e. The van der Waals surface area contributed by atoms with E-state index < -0.39 is 0 Å². The summed E-state index contributed by atoms with van der Waals surface area (Å²) in [6.07, 6.45) is 2.00. The van der Waals surface area contributed by atoms with Crippen LogP contribution in [0.5, 0.6) is 0 Å². The topological polar surface area (TPSA) is 20.2 Å². The Hall–Kier alpha value is -0.790. The molecular formula is C13H17ClO. The molecule has 0 aliphatic rings. The standard InChI is InChI=1S/C13H17ClO/c1-10(2)6-7-13(15)9-11-4-3-5-12(14)8-11/h3-5,8,13,15H,1,6-7,9H2,2H3. The molecule has 1 aromatic rings. The number of aliphatic hydroxyl groups is 1. The number of hydrogen-bond acceptors (Lipinski definition) is 1. The lowest BCUT2D eigenvalue weighted by Crippen LogP contribution is -2.10. The van der Waals surface area contributed by atoms with Crippen LogP contribution in [-0.2, 0) is 6.42 Å². The third-order valence-electron chi connectivity index (χ3n) is 2.26. The molecule has 0 saturated carbocycles. The lowest BCUT2D eigenvalue weighted by molar-refractivity contribution is 0.165. The molecule has 0 bridgehead atoms. The molecule has 0 aromatic heterocycles. The molecule has 0 aliphatic carbocycles. The SMILES string of the molecule is C=C(C)CCC(O)Cc1cccc(Cl)c1. The second-order valence-corrected chi connectivity index (χ2v) is 4.42.